The van der Waals surface area contributed by atoms with Crippen molar-refractivity contribution < 1.29 is 14.6 Å². The number of ether oxygens (including phenoxy) is 1. The Morgan fingerprint density at radius 2 is 2.30 bits per heavy atom. The first kappa shape index (κ1) is 12.5. The van der Waals surface area contributed by atoms with E-state index in [1.54, 1.807) is 18.3 Å². The van der Waals surface area contributed by atoms with Crippen LogP contribution in [0, 0.1) is 0 Å². The van der Waals surface area contributed by atoms with E-state index < -0.39 is 5.97 Å². The highest BCUT2D eigenvalue weighted by molar-refractivity contribution is 5.93. The van der Waals surface area contributed by atoms with E-state index in [-0.39, 0.29) is 5.56 Å². The molecule has 1 aromatic carbocycles. The van der Waals surface area contributed by atoms with Crippen molar-refractivity contribution >= 4 is 11.7 Å². The number of para-hydroxylation sites is 1. The van der Waals surface area contributed by atoms with Crippen molar-refractivity contribution in [3.8, 4) is 5.75 Å². The number of hydrogen-bond donors (Lipinski definition) is 1. The average Bonchev–Trinajstić information content (AvgIpc) is 2.84. The monoisotopic (exact) mass is 273 g/mol. The van der Waals surface area contributed by atoms with Crippen LogP contribution in [0.2, 0.25) is 0 Å². The molecule has 0 saturated heterocycles. The highest BCUT2D eigenvalue weighted by Gasteiger charge is 2.24. The Labute approximate surface area is 116 Å². The highest BCUT2D eigenvalue weighted by Crippen LogP contribution is 2.35. The maximum atomic E-state index is 11.2. The molecule has 0 saturated carbocycles. The summed E-state index contributed by atoms with van der Waals surface area (Å²) in [6, 6.07) is 7.15. The van der Waals surface area contributed by atoms with Gasteiger partial charge in [0, 0.05) is 13.2 Å². The van der Waals surface area contributed by atoms with Gasteiger partial charge in [-0.25, -0.2) is 4.79 Å². The summed E-state index contributed by atoms with van der Waals surface area (Å²) in [4.78, 5) is 13.4. The van der Waals surface area contributed by atoms with Crippen LogP contribution in [-0.4, -0.2) is 34.0 Å². The first-order valence-electron chi connectivity index (χ1n) is 6.38. The summed E-state index contributed by atoms with van der Waals surface area (Å²) in [6.45, 7) is 1.88. The van der Waals surface area contributed by atoms with Crippen LogP contribution in [0.4, 0.5) is 5.69 Å². The van der Waals surface area contributed by atoms with E-state index in [2.05, 4.69) is 10.00 Å². The summed E-state index contributed by atoms with van der Waals surface area (Å²) in [5.74, 6) is -0.516. The number of aromatic nitrogens is 2. The lowest BCUT2D eigenvalue weighted by Crippen LogP contribution is -2.33. The Balaban J connectivity index is 1.96. The van der Waals surface area contributed by atoms with Gasteiger partial charge in [-0.2, -0.15) is 5.10 Å². The zero-order valence-corrected chi connectivity index (χ0v) is 11.1. The lowest BCUT2D eigenvalue weighted by atomic mass is 10.1. The van der Waals surface area contributed by atoms with E-state index in [9.17, 15) is 9.90 Å². The van der Waals surface area contributed by atoms with Gasteiger partial charge in [0.2, 0.25) is 0 Å². The third-order valence-corrected chi connectivity index (χ3v) is 3.45. The second kappa shape index (κ2) is 4.88. The highest BCUT2D eigenvalue weighted by atomic mass is 16.5. The van der Waals surface area contributed by atoms with Crippen molar-refractivity contribution in [2.45, 2.75) is 6.54 Å². The molecule has 0 amide bonds. The fourth-order valence-electron chi connectivity index (χ4n) is 2.39. The van der Waals surface area contributed by atoms with Gasteiger partial charge >= 0.3 is 5.97 Å². The van der Waals surface area contributed by atoms with Crippen LogP contribution < -0.4 is 9.64 Å². The molecular weight excluding hydrogens is 258 g/mol. The van der Waals surface area contributed by atoms with Gasteiger partial charge in [-0.1, -0.05) is 6.07 Å². The number of hydrogen-bond acceptors (Lipinski definition) is 4. The topological polar surface area (TPSA) is 67.6 Å². The summed E-state index contributed by atoms with van der Waals surface area (Å²) in [5.41, 5.74) is 2.09. The van der Waals surface area contributed by atoms with E-state index in [1.165, 1.54) is 0 Å². The Hall–Kier alpha value is -2.50. The van der Waals surface area contributed by atoms with Crippen LogP contribution in [0.5, 0.6) is 5.75 Å². The predicted molar refractivity (Wildman–Crippen MR) is 73.2 cm³/mol. The van der Waals surface area contributed by atoms with Gasteiger partial charge in [0.15, 0.2) is 5.75 Å². The number of carboxylic acids is 1. The normalized spacial score (nSPS) is 13.8. The molecule has 0 spiro atoms. The van der Waals surface area contributed by atoms with E-state index >= 15 is 0 Å². The summed E-state index contributed by atoms with van der Waals surface area (Å²) < 4.78 is 7.37. The molecule has 1 aliphatic rings. The van der Waals surface area contributed by atoms with Crippen molar-refractivity contribution in [3.63, 3.8) is 0 Å². The number of nitrogens with zero attached hydrogens (tertiary/aromatic N) is 3. The molecule has 0 atom stereocenters. The number of aromatic carboxylic acids is 1. The van der Waals surface area contributed by atoms with Crippen molar-refractivity contribution in [1.29, 1.82) is 0 Å². The molecule has 6 nitrogen and oxygen atoms in total. The maximum Gasteiger partial charge on any atom is 0.339 e. The molecule has 1 N–H and O–H groups in total. The van der Waals surface area contributed by atoms with Crippen LogP contribution in [-0.2, 0) is 13.6 Å². The second-order valence-electron chi connectivity index (χ2n) is 4.68. The average molecular weight is 273 g/mol. The van der Waals surface area contributed by atoms with E-state index in [0.29, 0.717) is 18.9 Å². The van der Waals surface area contributed by atoms with Crippen molar-refractivity contribution in [2.75, 3.05) is 18.1 Å². The van der Waals surface area contributed by atoms with Gasteiger partial charge in [0.25, 0.3) is 0 Å². The molecule has 6 heteroatoms. The van der Waals surface area contributed by atoms with Crippen LogP contribution in [0.3, 0.4) is 0 Å². The van der Waals surface area contributed by atoms with Gasteiger partial charge in [0.05, 0.1) is 24.5 Å². The van der Waals surface area contributed by atoms with Gasteiger partial charge in [0.1, 0.15) is 12.2 Å². The molecule has 0 bridgehead atoms. The van der Waals surface area contributed by atoms with E-state index in [4.69, 9.17) is 4.74 Å². The maximum absolute atomic E-state index is 11.2. The zero-order valence-electron chi connectivity index (χ0n) is 11.1. The van der Waals surface area contributed by atoms with E-state index in [1.807, 2.05) is 23.9 Å². The lowest BCUT2D eigenvalue weighted by molar-refractivity contribution is 0.0692. The largest absolute Gasteiger partial charge is 0.489 e. The van der Waals surface area contributed by atoms with Crippen LogP contribution >= 0.6 is 0 Å². The Bertz CT molecular complexity index is 651. The minimum Gasteiger partial charge on any atom is -0.489 e. The molecule has 0 radical (unpaired) electrons. The van der Waals surface area contributed by atoms with Gasteiger partial charge < -0.3 is 14.7 Å². The zero-order chi connectivity index (χ0) is 14.1. The number of anilines is 1. The summed E-state index contributed by atoms with van der Waals surface area (Å²) in [7, 11) is 1.89. The third-order valence-electron chi connectivity index (χ3n) is 3.45. The quantitative estimate of drug-likeness (QED) is 0.918. The van der Waals surface area contributed by atoms with Crippen LogP contribution in [0.15, 0.2) is 30.5 Å². The van der Waals surface area contributed by atoms with Gasteiger partial charge in [-0.05, 0) is 18.2 Å². The molecule has 20 heavy (non-hydrogen) atoms. The summed E-state index contributed by atoms with van der Waals surface area (Å²) in [5, 5.41) is 13.4. The minimum atomic E-state index is -0.968. The predicted octanol–water partition coefficient (Wildman–Crippen LogP) is 1.52. The molecule has 1 aromatic heterocycles. The fourth-order valence-corrected chi connectivity index (χ4v) is 2.39. The number of aryl methyl sites for hydroxylation is 1. The Kier molecular flexibility index (Phi) is 3.06. The molecule has 0 fully saturated rings. The third kappa shape index (κ3) is 2.09. The Morgan fingerprint density at radius 3 is 3.00 bits per heavy atom. The molecule has 0 aliphatic carbocycles. The number of rotatable bonds is 3. The van der Waals surface area contributed by atoms with Crippen molar-refractivity contribution in [1.82, 2.24) is 9.78 Å². The molecular formula is C14H15N3O3. The first-order chi connectivity index (χ1) is 9.66. The molecule has 1 aliphatic heterocycles. The molecule has 3 rings (SSSR count). The van der Waals surface area contributed by atoms with Gasteiger partial charge in [-0.3, -0.25) is 4.68 Å². The molecule has 104 valence electrons. The number of carboxylic acid groups (broad SMARTS) is 1. The molecule has 0 unspecified atom stereocenters. The summed E-state index contributed by atoms with van der Waals surface area (Å²) in [6.07, 6.45) is 1.75. The number of carbonyl (C=O) groups is 1. The van der Waals surface area contributed by atoms with Crippen LogP contribution in [0.25, 0.3) is 0 Å². The number of benzene rings is 1. The van der Waals surface area contributed by atoms with Crippen molar-refractivity contribution in [3.05, 3.63) is 41.7 Å². The summed E-state index contributed by atoms with van der Waals surface area (Å²) >= 11 is 0. The van der Waals surface area contributed by atoms with Crippen LogP contribution in [0.1, 0.15) is 16.1 Å². The minimum absolute atomic E-state index is 0.206. The van der Waals surface area contributed by atoms with Crippen molar-refractivity contribution in [2.24, 2.45) is 7.05 Å². The van der Waals surface area contributed by atoms with E-state index in [0.717, 1.165) is 17.9 Å². The standard InChI is InChI=1S/C14H15N3O3/c1-16-10(5-6-15-16)9-17-7-8-20-13-11(14(18)19)3-2-4-12(13)17/h2-6H,7-9H2,1H3,(H,18,19). The molecule has 2 heterocycles. The number of fused-ring (bicyclic) bond motifs is 1. The van der Waals surface area contributed by atoms with Gasteiger partial charge in [-0.15, -0.1) is 0 Å². The SMILES string of the molecule is Cn1nccc1CN1CCOc2c(C(=O)O)cccc21. The second-order valence-corrected chi connectivity index (χ2v) is 4.68. The first-order valence-corrected chi connectivity index (χ1v) is 6.38. The molecule has 2 aromatic rings. The lowest BCUT2D eigenvalue weighted by Gasteiger charge is -2.31. The smallest absolute Gasteiger partial charge is 0.339 e. The fraction of sp³-hybridized carbons (Fsp3) is 0.286. The Morgan fingerprint density at radius 1 is 1.45 bits per heavy atom.